The van der Waals surface area contributed by atoms with Crippen LogP contribution in [0.5, 0.6) is 0 Å². The zero-order chi connectivity index (χ0) is 28.2. The number of esters is 1. The third kappa shape index (κ3) is 13.1. The number of allylic oxidation sites excluding steroid dienone is 1. The van der Waals surface area contributed by atoms with E-state index in [2.05, 4.69) is 84.8 Å². The van der Waals surface area contributed by atoms with E-state index in [0.29, 0.717) is 24.5 Å². The molecule has 0 heterocycles. The van der Waals surface area contributed by atoms with E-state index in [1.165, 1.54) is 32.8 Å². The van der Waals surface area contributed by atoms with Gasteiger partial charge >= 0.3 is 5.97 Å². The molecule has 3 atom stereocenters. The lowest BCUT2D eigenvalue weighted by Crippen LogP contribution is -2.31. The zero-order valence-corrected chi connectivity index (χ0v) is 27.7. The van der Waals surface area contributed by atoms with Gasteiger partial charge in [-0.05, 0) is 56.6 Å². The van der Waals surface area contributed by atoms with Crippen LogP contribution in [0.25, 0.3) is 0 Å². The summed E-state index contributed by atoms with van der Waals surface area (Å²) < 4.78 is 18.4. The molecule has 1 aliphatic rings. The summed E-state index contributed by atoms with van der Waals surface area (Å²) in [5.74, 6) is 0.508. The first kappa shape index (κ1) is 35.8. The number of hydrogen-bond donors (Lipinski definition) is 0. The van der Waals surface area contributed by atoms with Gasteiger partial charge in [0, 0.05) is 22.3 Å². The number of methoxy groups -OCH3 is 1. The molecule has 218 valence electrons. The fraction of sp³-hybridized carbons (Fsp3) is 0.900. The summed E-state index contributed by atoms with van der Waals surface area (Å²) in [6, 6.07) is 0. The molecule has 0 radical (unpaired) electrons. The third-order valence-corrected chi connectivity index (χ3v) is 15.1. The molecular weight excluding hydrogens is 488 g/mol. The van der Waals surface area contributed by atoms with E-state index in [0.717, 1.165) is 32.1 Å². The summed E-state index contributed by atoms with van der Waals surface area (Å²) in [7, 11) is -0.760. The van der Waals surface area contributed by atoms with Crippen LogP contribution in [0.1, 0.15) is 113 Å². The summed E-state index contributed by atoms with van der Waals surface area (Å²) in [6.07, 6.45) is 22.8. The van der Waals surface area contributed by atoms with E-state index >= 15 is 0 Å². The van der Waals surface area contributed by atoms with E-state index in [1.54, 1.807) is 0 Å². The van der Waals surface area contributed by atoms with Gasteiger partial charge in [0.2, 0.25) is 0 Å². The van der Waals surface area contributed by atoms with Crippen molar-refractivity contribution in [2.75, 3.05) is 32.1 Å². The molecule has 0 aliphatic heterocycles. The molecule has 0 aromatic heterocycles. The van der Waals surface area contributed by atoms with Crippen LogP contribution in [0, 0.1) is 5.92 Å². The molecule has 0 spiro atoms. The van der Waals surface area contributed by atoms with Crippen LogP contribution in [-0.2, 0) is 17.9 Å². The molecular formula is C30H62O4S2. The lowest BCUT2D eigenvalue weighted by molar-refractivity contribution is -0.140. The normalized spacial score (nSPS) is 21.9. The quantitative estimate of drug-likeness (QED) is 0.130. The Bertz CT molecular complexity index is 632. The number of hydrogen-bond acceptors (Lipinski definition) is 4. The first-order chi connectivity index (χ1) is 16.4. The number of rotatable bonds is 13. The van der Waals surface area contributed by atoms with E-state index < -0.39 is 20.6 Å². The van der Waals surface area contributed by atoms with Gasteiger partial charge in [0.15, 0.2) is 0 Å². The maximum atomic E-state index is 10.6. The van der Waals surface area contributed by atoms with Gasteiger partial charge in [-0.15, -0.1) is 27.2 Å². The molecule has 1 saturated carbocycles. The van der Waals surface area contributed by atoms with Crippen LogP contribution in [0.15, 0.2) is 12.7 Å². The Hall–Kier alpha value is -0.170. The van der Waals surface area contributed by atoms with Gasteiger partial charge in [0.1, 0.15) is 0 Å². The van der Waals surface area contributed by atoms with E-state index in [9.17, 15) is 4.79 Å². The molecule has 1 aliphatic carbocycles. The average Bonchev–Trinajstić information content (AvgIpc) is 3.10. The Morgan fingerprint density at radius 2 is 1.42 bits per heavy atom. The summed E-state index contributed by atoms with van der Waals surface area (Å²) >= 11 is 0. The van der Waals surface area contributed by atoms with Gasteiger partial charge in [0.05, 0.1) is 19.3 Å². The van der Waals surface area contributed by atoms with Crippen LogP contribution in [0.3, 0.4) is 0 Å². The van der Waals surface area contributed by atoms with Crippen molar-refractivity contribution in [2.24, 2.45) is 5.92 Å². The van der Waals surface area contributed by atoms with Crippen LogP contribution in [0.4, 0.5) is 0 Å². The summed E-state index contributed by atoms with van der Waals surface area (Å²) in [6.45, 7) is 19.9. The van der Waals surface area contributed by atoms with Crippen LogP contribution in [0.2, 0.25) is 0 Å². The Morgan fingerprint density at radius 3 is 1.89 bits per heavy atom. The highest BCUT2D eigenvalue weighted by Gasteiger charge is 2.42. The lowest BCUT2D eigenvalue weighted by atomic mass is 10.00. The number of carbonyl (C=O) groups excluding carboxylic acids is 1. The summed E-state index contributed by atoms with van der Waals surface area (Å²) in [5.41, 5.74) is 0. The second-order valence-electron chi connectivity index (χ2n) is 12.9. The SMILES string of the molecule is C=CCC[C@@H]1CC(OS(C)(C)C(C)(C)C)CC1OS(C)(C)C(C)(C)C.CCCCCCCC(=O)OC. The molecule has 0 amide bonds. The fourth-order valence-electron chi connectivity index (χ4n) is 3.78. The first-order valence-corrected chi connectivity index (χ1v) is 18.7. The molecule has 2 unspecified atom stereocenters. The van der Waals surface area contributed by atoms with Gasteiger partial charge in [-0.3, -0.25) is 4.79 Å². The van der Waals surface area contributed by atoms with Crippen molar-refractivity contribution in [2.45, 2.75) is 134 Å². The Kier molecular flexibility index (Phi) is 16.0. The van der Waals surface area contributed by atoms with Crippen molar-refractivity contribution < 1.29 is 17.9 Å². The monoisotopic (exact) mass is 550 g/mol. The molecule has 0 bridgehead atoms. The minimum atomic E-state index is -1.11. The van der Waals surface area contributed by atoms with Crippen LogP contribution < -0.4 is 0 Å². The van der Waals surface area contributed by atoms with Crippen molar-refractivity contribution >= 4 is 26.6 Å². The van der Waals surface area contributed by atoms with Crippen LogP contribution >= 0.6 is 20.6 Å². The Morgan fingerprint density at radius 1 is 0.889 bits per heavy atom. The molecule has 36 heavy (non-hydrogen) atoms. The smallest absolute Gasteiger partial charge is 0.305 e. The Labute approximate surface area is 229 Å². The Balaban J connectivity index is 0.000000935. The molecule has 0 N–H and O–H groups in total. The molecule has 0 aromatic carbocycles. The highest BCUT2D eigenvalue weighted by atomic mass is 32.3. The fourth-order valence-corrected chi connectivity index (χ4v) is 6.05. The third-order valence-electron chi connectivity index (χ3n) is 7.73. The minimum absolute atomic E-state index is 0.0819. The standard InChI is InChI=1S/C21H44O2S2.C9H18O2/c1-12-13-14-17-15-18(22-24(8,9)20(2,3)4)16-19(17)23-25(10,11)21(5,6)7;1-3-4-5-6-7-8-9(10)11-2/h12,17-19H,1,13-16H2,2-11H3;3-8H2,1-2H3/t17-,18?,19?;/m1./s1. The van der Waals surface area contributed by atoms with Gasteiger partial charge < -0.3 is 13.1 Å². The van der Waals surface area contributed by atoms with Crippen molar-refractivity contribution in [1.29, 1.82) is 0 Å². The predicted molar refractivity (Wildman–Crippen MR) is 166 cm³/mol. The number of unbranched alkanes of at least 4 members (excludes halogenated alkanes) is 4. The van der Waals surface area contributed by atoms with Crippen molar-refractivity contribution in [1.82, 2.24) is 0 Å². The van der Waals surface area contributed by atoms with Crippen LogP contribution in [-0.4, -0.2) is 59.8 Å². The molecule has 0 saturated heterocycles. The molecule has 1 fully saturated rings. The lowest BCUT2D eigenvalue weighted by Gasteiger charge is -2.46. The molecule has 0 aromatic rings. The average molecular weight is 551 g/mol. The second kappa shape index (κ2) is 16.1. The highest BCUT2D eigenvalue weighted by Crippen LogP contribution is 2.59. The molecule has 4 nitrogen and oxygen atoms in total. The molecule has 6 heteroatoms. The first-order valence-electron chi connectivity index (χ1n) is 13.9. The van der Waals surface area contributed by atoms with Gasteiger partial charge in [-0.25, -0.2) is 0 Å². The van der Waals surface area contributed by atoms with E-state index in [1.807, 2.05) is 6.08 Å². The highest BCUT2D eigenvalue weighted by molar-refractivity contribution is 8.30. The second-order valence-corrected chi connectivity index (χ2v) is 20.6. The van der Waals surface area contributed by atoms with Gasteiger partial charge in [-0.1, -0.05) is 80.2 Å². The van der Waals surface area contributed by atoms with Crippen molar-refractivity contribution in [3.05, 3.63) is 12.7 Å². The van der Waals surface area contributed by atoms with E-state index in [-0.39, 0.29) is 15.5 Å². The van der Waals surface area contributed by atoms with Gasteiger partial charge in [0.25, 0.3) is 0 Å². The molecule has 1 rings (SSSR count). The van der Waals surface area contributed by atoms with Crippen molar-refractivity contribution in [3.8, 4) is 0 Å². The topological polar surface area (TPSA) is 44.8 Å². The van der Waals surface area contributed by atoms with Gasteiger partial charge in [-0.2, -0.15) is 0 Å². The number of ether oxygens (including phenoxy) is 1. The largest absolute Gasteiger partial charge is 0.469 e. The predicted octanol–water partition coefficient (Wildman–Crippen LogP) is 9.21. The minimum Gasteiger partial charge on any atom is -0.469 e. The summed E-state index contributed by atoms with van der Waals surface area (Å²) in [4.78, 5) is 10.6. The van der Waals surface area contributed by atoms with Crippen molar-refractivity contribution in [3.63, 3.8) is 0 Å². The summed E-state index contributed by atoms with van der Waals surface area (Å²) in [5, 5.41) is 0. The number of carbonyl (C=O) groups is 1. The van der Waals surface area contributed by atoms with E-state index in [4.69, 9.17) is 8.37 Å². The zero-order valence-electron chi connectivity index (χ0n) is 26.0. The maximum Gasteiger partial charge on any atom is 0.305 e. The maximum absolute atomic E-state index is 10.6.